The van der Waals surface area contributed by atoms with Crippen LogP contribution in [0.15, 0.2) is 24.3 Å². The number of carbonyl (C=O) groups excluding carboxylic acids is 4. The van der Waals surface area contributed by atoms with Crippen molar-refractivity contribution in [3.63, 3.8) is 0 Å². The van der Waals surface area contributed by atoms with Crippen LogP contribution in [0.1, 0.15) is 381 Å². The van der Waals surface area contributed by atoms with Gasteiger partial charge in [-0.05, 0) is 57.3 Å². The highest BCUT2D eigenvalue weighted by Crippen LogP contribution is 2.45. The zero-order valence-electron chi connectivity index (χ0n) is 62.0. The Morgan fingerprint density at radius 1 is 0.323 bits per heavy atom. The molecule has 0 saturated heterocycles. The van der Waals surface area contributed by atoms with E-state index in [1.165, 1.54) is 186 Å². The summed E-state index contributed by atoms with van der Waals surface area (Å²) in [5.41, 5.74) is 0. The van der Waals surface area contributed by atoms with E-state index in [4.69, 9.17) is 37.0 Å². The molecule has 0 rings (SSSR count). The summed E-state index contributed by atoms with van der Waals surface area (Å²) in [7, 11) is -9.92. The Hall–Kier alpha value is -2.46. The van der Waals surface area contributed by atoms with Gasteiger partial charge in [-0.25, -0.2) is 9.13 Å². The van der Waals surface area contributed by atoms with Gasteiger partial charge in [-0.15, -0.1) is 0 Å². The lowest BCUT2D eigenvalue weighted by molar-refractivity contribution is -0.161. The Balaban J connectivity index is 5.28. The largest absolute Gasteiger partial charge is 0.472 e. The number of ether oxygens (including phenoxy) is 4. The molecule has 17 nitrogen and oxygen atoms in total. The molecule has 0 aliphatic rings. The highest BCUT2D eigenvalue weighted by molar-refractivity contribution is 7.47. The topological polar surface area (TPSA) is 237 Å². The van der Waals surface area contributed by atoms with Crippen LogP contribution in [0.5, 0.6) is 0 Å². The molecular weight excluding hydrogens is 1260 g/mol. The molecule has 566 valence electrons. The molecule has 0 heterocycles. The van der Waals surface area contributed by atoms with Crippen LogP contribution in [-0.4, -0.2) is 96.7 Å². The second-order valence-corrected chi connectivity index (χ2v) is 30.4. The van der Waals surface area contributed by atoms with Crippen molar-refractivity contribution in [2.24, 2.45) is 5.92 Å². The van der Waals surface area contributed by atoms with Gasteiger partial charge in [-0.1, -0.05) is 329 Å². The second-order valence-electron chi connectivity index (χ2n) is 27.5. The Morgan fingerprint density at radius 3 is 0.854 bits per heavy atom. The first-order chi connectivity index (χ1) is 46.5. The summed E-state index contributed by atoms with van der Waals surface area (Å²) in [6.07, 6.45) is 61.7. The van der Waals surface area contributed by atoms with E-state index in [0.29, 0.717) is 25.7 Å². The fraction of sp³-hybridized carbons (Fsp3) is 0.896. The standard InChI is InChI=1S/C77H146O17P2/c1-6-9-12-15-18-21-24-26-28-33-36-41-46-51-56-61-75(80)88-67-73(94-77(82)63-58-53-48-43-38-34-30-29-31-35-39-44-49-54-59-70(4)5)69-92-96(85,86)90-65-71(78)64-89-95(83,84)91-68-72(66-87-74(79)60-55-50-45-40-23-20-17-14-11-8-3)93-76(81)62-57-52-47-42-37-32-27-25-22-19-16-13-10-7-2/h21,24,26,28,70-73,78H,6-20,22-23,25,27,29-69H2,1-5H3,(H,83,84)(H,85,86)/b24-21-,28-26-/t71-,72+,73+/m0/s1. The Labute approximate surface area is 586 Å². The summed E-state index contributed by atoms with van der Waals surface area (Å²) in [6, 6.07) is 0. The van der Waals surface area contributed by atoms with E-state index in [0.717, 1.165) is 115 Å². The molecule has 96 heavy (non-hydrogen) atoms. The van der Waals surface area contributed by atoms with E-state index < -0.39 is 97.5 Å². The molecule has 0 radical (unpaired) electrons. The monoisotopic (exact) mass is 1410 g/mol. The number of phosphoric ester groups is 2. The van der Waals surface area contributed by atoms with Crippen molar-refractivity contribution >= 4 is 39.5 Å². The van der Waals surface area contributed by atoms with E-state index in [1.54, 1.807) is 0 Å². The summed E-state index contributed by atoms with van der Waals surface area (Å²) in [5.74, 6) is -1.35. The van der Waals surface area contributed by atoms with Gasteiger partial charge in [0.1, 0.15) is 19.3 Å². The number of allylic oxidation sites excluding steroid dienone is 4. The third-order valence-corrected chi connectivity index (χ3v) is 19.3. The van der Waals surface area contributed by atoms with Crippen molar-refractivity contribution in [2.75, 3.05) is 39.6 Å². The van der Waals surface area contributed by atoms with Crippen LogP contribution in [0.4, 0.5) is 0 Å². The highest BCUT2D eigenvalue weighted by atomic mass is 31.2. The van der Waals surface area contributed by atoms with Crippen molar-refractivity contribution in [3.05, 3.63) is 24.3 Å². The van der Waals surface area contributed by atoms with Crippen LogP contribution >= 0.6 is 15.6 Å². The molecule has 3 N–H and O–H groups in total. The molecule has 0 aromatic heterocycles. The van der Waals surface area contributed by atoms with Crippen LogP contribution in [0.25, 0.3) is 0 Å². The molecule has 5 atom stereocenters. The quantitative estimate of drug-likeness (QED) is 0.0169. The van der Waals surface area contributed by atoms with Crippen molar-refractivity contribution in [1.82, 2.24) is 0 Å². The second kappa shape index (κ2) is 69.6. The fourth-order valence-electron chi connectivity index (χ4n) is 11.3. The van der Waals surface area contributed by atoms with Crippen LogP contribution in [0, 0.1) is 5.92 Å². The summed E-state index contributed by atoms with van der Waals surface area (Å²) >= 11 is 0. The molecule has 0 aliphatic carbocycles. The fourth-order valence-corrected chi connectivity index (χ4v) is 12.9. The molecule has 0 spiro atoms. The van der Waals surface area contributed by atoms with E-state index in [9.17, 15) is 43.2 Å². The van der Waals surface area contributed by atoms with E-state index >= 15 is 0 Å². The Kier molecular flexibility index (Phi) is 67.8. The Morgan fingerprint density at radius 2 is 0.562 bits per heavy atom. The first-order valence-corrected chi connectivity index (χ1v) is 42.4. The van der Waals surface area contributed by atoms with Crippen LogP contribution in [-0.2, 0) is 65.4 Å². The Bertz CT molecular complexity index is 1930. The molecule has 0 aliphatic heterocycles. The predicted octanol–water partition coefficient (Wildman–Crippen LogP) is 22.4. The minimum Gasteiger partial charge on any atom is -0.462 e. The van der Waals surface area contributed by atoms with Crippen molar-refractivity contribution < 1.29 is 80.2 Å². The molecule has 0 saturated carbocycles. The average molecular weight is 1410 g/mol. The number of hydrogen-bond acceptors (Lipinski definition) is 15. The number of unbranched alkanes of at least 4 members (excludes halogenated alkanes) is 44. The number of hydrogen-bond donors (Lipinski definition) is 3. The number of aliphatic hydroxyl groups excluding tert-OH is 1. The maximum Gasteiger partial charge on any atom is 0.472 e. The van der Waals surface area contributed by atoms with E-state index in [2.05, 4.69) is 58.9 Å². The van der Waals surface area contributed by atoms with Gasteiger partial charge in [0, 0.05) is 25.7 Å². The van der Waals surface area contributed by atoms with Crippen LogP contribution < -0.4 is 0 Å². The van der Waals surface area contributed by atoms with Gasteiger partial charge in [0.15, 0.2) is 12.2 Å². The normalized spacial score (nSPS) is 14.1. The number of rotatable bonds is 75. The van der Waals surface area contributed by atoms with Crippen molar-refractivity contribution in [3.8, 4) is 0 Å². The molecule has 0 fully saturated rings. The zero-order chi connectivity index (χ0) is 70.5. The number of aliphatic hydroxyl groups is 1. The molecular formula is C77H146O17P2. The molecule has 0 amide bonds. The van der Waals surface area contributed by atoms with Gasteiger partial charge in [0.05, 0.1) is 26.4 Å². The van der Waals surface area contributed by atoms with Crippen LogP contribution in [0.3, 0.4) is 0 Å². The molecule has 2 unspecified atom stereocenters. The number of phosphoric acid groups is 2. The van der Waals surface area contributed by atoms with Gasteiger partial charge >= 0.3 is 39.5 Å². The zero-order valence-corrected chi connectivity index (χ0v) is 63.8. The lowest BCUT2D eigenvalue weighted by atomic mass is 10.0. The average Bonchev–Trinajstić information content (AvgIpc) is 1.17. The maximum absolute atomic E-state index is 13.1. The highest BCUT2D eigenvalue weighted by Gasteiger charge is 2.30. The van der Waals surface area contributed by atoms with Gasteiger partial charge < -0.3 is 33.8 Å². The summed E-state index contributed by atoms with van der Waals surface area (Å²) in [4.78, 5) is 72.8. The van der Waals surface area contributed by atoms with Gasteiger partial charge in [0.25, 0.3) is 0 Å². The van der Waals surface area contributed by atoms with Gasteiger partial charge in [-0.2, -0.15) is 0 Å². The molecule has 0 aromatic carbocycles. The van der Waals surface area contributed by atoms with Crippen LogP contribution in [0.2, 0.25) is 0 Å². The number of esters is 4. The minimum atomic E-state index is -4.96. The van der Waals surface area contributed by atoms with Gasteiger partial charge in [-0.3, -0.25) is 37.3 Å². The third kappa shape index (κ3) is 70.0. The molecule has 0 bridgehead atoms. The maximum atomic E-state index is 13.1. The lowest BCUT2D eigenvalue weighted by Gasteiger charge is -2.21. The van der Waals surface area contributed by atoms with E-state index in [1.807, 2.05) is 0 Å². The summed E-state index contributed by atoms with van der Waals surface area (Å²) in [5, 5.41) is 10.6. The first kappa shape index (κ1) is 93.5. The van der Waals surface area contributed by atoms with Crippen molar-refractivity contribution in [2.45, 2.75) is 400 Å². The SMILES string of the molecule is CCCCCC/C=C\C=C/CCCCCCCC(=O)OC[C@H](COP(=O)(O)OC[C@@H](O)COP(=O)(O)OC[C@@H](COC(=O)CCCCCCCCCCCC)OC(=O)CCCCCCCCCCCCCCCC)OC(=O)CCCCCCCCCCCCCCCCC(C)C. The lowest BCUT2D eigenvalue weighted by Crippen LogP contribution is -2.30. The molecule has 19 heteroatoms. The smallest absolute Gasteiger partial charge is 0.462 e. The first-order valence-electron chi connectivity index (χ1n) is 39.5. The molecule has 0 aromatic rings. The van der Waals surface area contributed by atoms with Crippen molar-refractivity contribution in [1.29, 1.82) is 0 Å². The third-order valence-electron chi connectivity index (χ3n) is 17.4. The minimum absolute atomic E-state index is 0.101. The van der Waals surface area contributed by atoms with Gasteiger partial charge in [0.2, 0.25) is 0 Å². The number of carbonyl (C=O) groups is 4. The summed E-state index contributed by atoms with van der Waals surface area (Å²) < 4.78 is 68.5. The predicted molar refractivity (Wildman–Crippen MR) is 391 cm³/mol. The summed E-state index contributed by atoms with van der Waals surface area (Å²) in [6.45, 7) is 7.25. The van der Waals surface area contributed by atoms with E-state index in [-0.39, 0.29) is 25.7 Å².